The Hall–Kier alpha value is -0.750. The molecule has 0 unspecified atom stereocenters. The van der Waals surface area contributed by atoms with E-state index in [0.717, 1.165) is 18.4 Å². The number of carbonyl (C=O) groups excluding carboxylic acids is 2. The van der Waals surface area contributed by atoms with Crippen molar-refractivity contribution in [3.8, 4) is 0 Å². The zero-order chi connectivity index (χ0) is 20.5. The van der Waals surface area contributed by atoms with Crippen LogP contribution in [0, 0.1) is 22.7 Å². The first-order chi connectivity index (χ1) is 13.0. The van der Waals surface area contributed by atoms with Gasteiger partial charge in [0.25, 0.3) is 0 Å². The Morgan fingerprint density at radius 2 is 2.04 bits per heavy atom. The summed E-state index contributed by atoms with van der Waals surface area (Å²) in [6.07, 6.45) is 9.72. The van der Waals surface area contributed by atoms with Gasteiger partial charge in [0.05, 0.1) is 4.08 Å². The number of fused-ring (bicyclic) bond motifs is 5. The summed E-state index contributed by atoms with van der Waals surface area (Å²) in [7, 11) is 0. The number of thiol groups is 1. The van der Waals surface area contributed by atoms with E-state index in [-0.39, 0.29) is 27.1 Å². The lowest BCUT2D eigenvalue weighted by atomic mass is 9.46. The summed E-state index contributed by atoms with van der Waals surface area (Å²) in [5.41, 5.74) is -2.03. The quantitative estimate of drug-likeness (QED) is 0.388. The van der Waals surface area contributed by atoms with Gasteiger partial charge < -0.3 is 4.74 Å². The zero-order valence-electron chi connectivity index (χ0n) is 17.0. The number of alkyl halides is 1. The number of esters is 1. The van der Waals surface area contributed by atoms with Crippen molar-refractivity contribution in [1.82, 2.24) is 0 Å². The van der Waals surface area contributed by atoms with Crippen molar-refractivity contribution in [2.75, 3.05) is 6.26 Å². The summed E-state index contributed by atoms with van der Waals surface area (Å²) in [5.74, 6) is -0.586. The van der Waals surface area contributed by atoms with Crippen LogP contribution < -0.4 is 0 Å². The van der Waals surface area contributed by atoms with Crippen LogP contribution in [0.1, 0.15) is 52.9 Å². The van der Waals surface area contributed by atoms with Crippen molar-refractivity contribution in [2.24, 2.45) is 22.7 Å². The molecule has 0 aromatic rings. The molecule has 7 atom stereocenters. The van der Waals surface area contributed by atoms with Crippen LogP contribution in [0.15, 0.2) is 23.8 Å². The van der Waals surface area contributed by atoms with E-state index in [1.807, 2.05) is 6.92 Å². The maximum Gasteiger partial charge on any atom is 0.303 e. The molecule has 3 fully saturated rings. The number of hydrogen-bond acceptors (Lipinski definition) is 5. The largest absolute Gasteiger partial charge is 0.459 e. The number of halogens is 1. The van der Waals surface area contributed by atoms with Gasteiger partial charge in [0.2, 0.25) is 0 Å². The van der Waals surface area contributed by atoms with Crippen molar-refractivity contribution in [3.63, 3.8) is 0 Å². The molecule has 0 aromatic carbocycles. The van der Waals surface area contributed by atoms with Crippen LogP contribution >= 0.6 is 24.4 Å². The van der Waals surface area contributed by atoms with Crippen LogP contribution in [0.4, 0.5) is 4.39 Å². The molecule has 4 rings (SSSR count). The number of rotatable bonds is 2. The normalized spacial score (nSPS) is 49.7. The Morgan fingerprint density at radius 3 is 2.68 bits per heavy atom. The number of allylic oxidation sites excluding steroid dienone is 4. The van der Waals surface area contributed by atoms with Gasteiger partial charge in [0.15, 0.2) is 11.5 Å². The summed E-state index contributed by atoms with van der Waals surface area (Å²) in [5, 5.41) is 0. The van der Waals surface area contributed by atoms with Crippen LogP contribution in [0.25, 0.3) is 0 Å². The third kappa shape index (κ3) is 2.43. The third-order valence-corrected chi connectivity index (χ3v) is 11.0. The number of ketones is 1. The molecule has 3 nitrogen and oxygen atoms in total. The lowest BCUT2D eigenvalue weighted by Gasteiger charge is -2.63. The predicted molar refractivity (Wildman–Crippen MR) is 113 cm³/mol. The van der Waals surface area contributed by atoms with Gasteiger partial charge in [-0.05, 0) is 68.8 Å². The average molecular weight is 425 g/mol. The summed E-state index contributed by atoms with van der Waals surface area (Å²) < 4.78 is 22.8. The standard InChI is InChI=1S/C22H29FO3S2/c1-13(24)26-18-12-20(3)16(8-10-21(20,27)28-4)17-6-5-14-11-15(25)7-9-19(14,2)22(17,18)23/h7,9,11,16-18,27H,5-6,8,10,12H2,1-4H3/t16-,17-,18-,19-,20-,21-,22-/m0/s1. The minimum Gasteiger partial charge on any atom is -0.459 e. The average Bonchev–Trinajstić information content (AvgIpc) is 2.88. The first-order valence-electron chi connectivity index (χ1n) is 10.1. The molecule has 0 saturated heterocycles. The molecule has 28 heavy (non-hydrogen) atoms. The molecule has 0 spiro atoms. The van der Waals surface area contributed by atoms with E-state index < -0.39 is 23.2 Å². The number of carbonyl (C=O) groups is 2. The highest BCUT2D eigenvalue weighted by molar-refractivity contribution is 8.11. The molecule has 154 valence electrons. The summed E-state index contributed by atoms with van der Waals surface area (Å²) in [6, 6.07) is 0. The number of thioether (sulfide) groups is 1. The topological polar surface area (TPSA) is 43.4 Å². The number of hydrogen-bond donors (Lipinski definition) is 1. The van der Waals surface area contributed by atoms with Crippen LogP contribution in [0.3, 0.4) is 0 Å². The summed E-state index contributed by atoms with van der Waals surface area (Å²) in [6.45, 7) is 5.44. The SMILES string of the molecule is CS[C@@]1(S)CC[C@H]2[C@@H]3CCC4=CC(=O)C=C[C@]4(C)[C@@]3(F)[C@@H](OC(C)=O)C[C@@]21C. The van der Waals surface area contributed by atoms with Crippen molar-refractivity contribution < 1.29 is 18.7 Å². The minimum atomic E-state index is -1.72. The molecule has 4 aliphatic rings. The Labute approximate surface area is 176 Å². The van der Waals surface area contributed by atoms with Gasteiger partial charge in [0.1, 0.15) is 6.10 Å². The molecule has 0 aromatic heterocycles. The zero-order valence-corrected chi connectivity index (χ0v) is 18.7. The van der Waals surface area contributed by atoms with Gasteiger partial charge in [-0.2, -0.15) is 12.6 Å². The van der Waals surface area contributed by atoms with Gasteiger partial charge in [-0.1, -0.05) is 18.6 Å². The Bertz CT molecular complexity index is 795. The van der Waals surface area contributed by atoms with Crippen molar-refractivity contribution >= 4 is 36.1 Å². The minimum absolute atomic E-state index is 0.0863. The smallest absolute Gasteiger partial charge is 0.303 e. The van der Waals surface area contributed by atoms with E-state index in [1.165, 1.54) is 13.0 Å². The van der Waals surface area contributed by atoms with Crippen molar-refractivity contribution in [3.05, 3.63) is 23.8 Å². The molecule has 0 aliphatic heterocycles. The highest BCUT2D eigenvalue weighted by Crippen LogP contribution is 2.72. The first-order valence-corrected chi connectivity index (χ1v) is 11.8. The highest BCUT2D eigenvalue weighted by atomic mass is 32.2. The lowest BCUT2D eigenvalue weighted by Crippen LogP contribution is -2.68. The Kier molecular flexibility index (Phi) is 4.67. The molecule has 0 N–H and O–H groups in total. The second-order valence-corrected chi connectivity index (χ2v) is 11.5. The Balaban J connectivity index is 1.87. The van der Waals surface area contributed by atoms with Crippen LogP contribution in [0.5, 0.6) is 0 Å². The fraction of sp³-hybridized carbons (Fsp3) is 0.727. The first kappa shape index (κ1) is 20.5. The highest BCUT2D eigenvalue weighted by Gasteiger charge is 2.73. The van der Waals surface area contributed by atoms with Gasteiger partial charge in [-0.3, -0.25) is 9.59 Å². The second kappa shape index (κ2) is 6.37. The van der Waals surface area contributed by atoms with Gasteiger partial charge >= 0.3 is 5.97 Å². The molecule has 6 heteroatoms. The van der Waals surface area contributed by atoms with Crippen molar-refractivity contribution in [2.45, 2.75) is 68.7 Å². The maximum atomic E-state index is 17.3. The van der Waals surface area contributed by atoms with Crippen molar-refractivity contribution in [1.29, 1.82) is 0 Å². The van der Waals surface area contributed by atoms with E-state index in [9.17, 15) is 9.59 Å². The fourth-order valence-corrected chi connectivity index (χ4v) is 8.21. The lowest BCUT2D eigenvalue weighted by molar-refractivity contribution is -0.209. The van der Waals surface area contributed by atoms with Crippen LogP contribution in [-0.2, 0) is 14.3 Å². The third-order valence-electron chi connectivity index (χ3n) is 8.34. The predicted octanol–water partition coefficient (Wildman–Crippen LogP) is 4.92. The molecular formula is C22H29FO3S2. The van der Waals surface area contributed by atoms with Gasteiger partial charge in [-0.25, -0.2) is 4.39 Å². The molecule has 0 bridgehead atoms. The molecular weight excluding hydrogens is 395 g/mol. The second-order valence-electron chi connectivity index (χ2n) is 9.37. The number of ether oxygens (including phenoxy) is 1. The van der Waals surface area contributed by atoms with Gasteiger partial charge in [0, 0.05) is 18.3 Å². The summed E-state index contributed by atoms with van der Waals surface area (Å²) in [4.78, 5) is 23.9. The monoisotopic (exact) mass is 424 g/mol. The van der Waals surface area contributed by atoms with Crippen LogP contribution in [0.2, 0.25) is 0 Å². The van der Waals surface area contributed by atoms with E-state index in [2.05, 4.69) is 13.2 Å². The van der Waals surface area contributed by atoms with E-state index in [0.29, 0.717) is 19.3 Å². The van der Waals surface area contributed by atoms with E-state index in [1.54, 1.807) is 23.9 Å². The molecule has 0 amide bonds. The van der Waals surface area contributed by atoms with Gasteiger partial charge in [-0.15, -0.1) is 11.8 Å². The fourth-order valence-electron chi connectivity index (χ4n) is 6.80. The maximum absolute atomic E-state index is 17.3. The molecule has 4 aliphatic carbocycles. The summed E-state index contributed by atoms with van der Waals surface area (Å²) >= 11 is 6.79. The van der Waals surface area contributed by atoms with E-state index >= 15 is 4.39 Å². The molecule has 3 saturated carbocycles. The van der Waals surface area contributed by atoms with E-state index in [4.69, 9.17) is 17.4 Å². The Morgan fingerprint density at radius 1 is 1.32 bits per heavy atom. The van der Waals surface area contributed by atoms with Crippen LogP contribution in [-0.4, -0.2) is 33.9 Å². The molecule has 0 radical (unpaired) electrons. The molecule has 0 heterocycles.